The van der Waals surface area contributed by atoms with Crippen LogP contribution in [0.2, 0.25) is 0 Å². The maximum absolute atomic E-state index is 12.5. The fraction of sp³-hybridized carbons (Fsp3) is 0.611. The molecule has 0 bridgehead atoms. The zero-order valence-corrected chi connectivity index (χ0v) is 13.3. The highest BCUT2D eigenvalue weighted by atomic mass is 16.1. The number of rotatable bonds is 6. The average Bonchev–Trinajstić information content (AvgIpc) is 2.54. The van der Waals surface area contributed by atoms with Crippen molar-refractivity contribution in [2.75, 3.05) is 11.9 Å². The molecule has 1 atom stereocenters. The smallest absolute Gasteiger partial charge is 0.253 e. The van der Waals surface area contributed by atoms with Gasteiger partial charge in [-0.2, -0.15) is 0 Å². The summed E-state index contributed by atoms with van der Waals surface area (Å²) >= 11 is 0. The molecule has 1 amide bonds. The second-order valence-corrected chi connectivity index (χ2v) is 6.13. The van der Waals surface area contributed by atoms with Gasteiger partial charge in [0.15, 0.2) is 0 Å². The first-order valence-corrected chi connectivity index (χ1v) is 8.36. The molecule has 0 spiro atoms. The Hall–Kier alpha value is -1.51. The maximum Gasteiger partial charge on any atom is 0.253 e. The summed E-state index contributed by atoms with van der Waals surface area (Å²) in [7, 11) is 0. The van der Waals surface area contributed by atoms with Gasteiger partial charge in [0, 0.05) is 18.3 Å². The van der Waals surface area contributed by atoms with E-state index in [2.05, 4.69) is 24.5 Å². The van der Waals surface area contributed by atoms with Crippen LogP contribution in [-0.4, -0.2) is 18.5 Å². The monoisotopic (exact) mass is 288 g/mol. The van der Waals surface area contributed by atoms with Gasteiger partial charge in [-0.05, 0) is 44.2 Å². The van der Waals surface area contributed by atoms with Crippen molar-refractivity contribution in [1.82, 2.24) is 5.32 Å². The van der Waals surface area contributed by atoms with Crippen molar-refractivity contribution in [2.24, 2.45) is 5.92 Å². The largest absolute Gasteiger partial charge is 0.384 e. The molecule has 0 heterocycles. The molecule has 1 aliphatic carbocycles. The number of nitrogens with one attached hydrogen (secondary N) is 2. The quantitative estimate of drug-likeness (QED) is 0.823. The molecule has 2 rings (SSSR count). The van der Waals surface area contributed by atoms with E-state index in [0.717, 1.165) is 24.2 Å². The second-order valence-electron chi connectivity index (χ2n) is 6.13. The van der Waals surface area contributed by atoms with Crippen LogP contribution in [-0.2, 0) is 0 Å². The molecule has 1 aromatic carbocycles. The van der Waals surface area contributed by atoms with E-state index >= 15 is 0 Å². The van der Waals surface area contributed by atoms with Crippen LogP contribution in [0.1, 0.15) is 62.7 Å². The molecule has 0 saturated heterocycles. The summed E-state index contributed by atoms with van der Waals surface area (Å²) in [6.45, 7) is 5.17. The summed E-state index contributed by atoms with van der Waals surface area (Å²) in [4.78, 5) is 12.5. The molecule has 0 aliphatic heterocycles. The van der Waals surface area contributed by atoms with Crippen molar-refractivity contribution in [2.45, 2.75) is 58.4 Å². The van der Waals surface area contributed by atoms with Gasteiger partial charge in [0.2, 0.25) is 0 Å². The minimum Gasteiger partial charge on any atom is -0.384 e. The van der Waals surface area contributed by atoms with Gasteiger partial charge in [0.05, 0.1) is 5.56 Å². The topological polar surface area (TPSA) is 41.1 Å². The molecule has 3 nitrogen and oxygen atoms in total. The maximum atomic E-state index is 12.5. The number of carbonyl (C=O) groups is 1. The van der Waals surface area contributed by atoms with Crippen molar-refractivity contribution >= 4 is 11.6 Å². The van der Waals surface area contributed by atoms with Crippen molar-refractivity contribution in [3.8, 4) is 0 Å². The van der Waals surface area contributed by atoms with Crippen molar-refractivity contribution in [3.05, 3.63) is 29.8 Å². The molecule has 1 fully saturated rings. The molecule has 1 aliphatic rings. The Labute approximate surface area is 128 Å². The highest BCUT2D eigenvalue weighted by Gasteiger charge is 2.22. The second kappa shape index (κ2) is 8.06. The first-order chi connectivity index (χ1) is 10.2. The molecule has 1 aromatic rings. The van der Waals surface area contributed by atoms with Crippen LogP contribution < -0.4 is 10.6 Å². The first kappa shape index (κ1) is 15.9. The number of hydrogen-bond acceptors (Lipinski definition) is 2. The van der Waals surface area contributed by atoms with Gasteiger partial charge >= 0.3 is 0 Å². The molecule has 2 N–H and O–H groups in total. The molecule has 0 radical (unpaired) electrons. The van der Waals surface area contributed by atoms with Crippen molar-refractivity contribution in [3.63, 3.8) is 0 Å². The van der Waals surface area contributed by atoms with Crippen molar-refractivity contribution < 1.29 is 4.79 Å². The summed E-state index contributed by atoms with van der Waals surface area (Å²) in [5.41, 5.74) is 1.70. The number of carbonyl (C=O) groups excluding carboxylic acids is 1. The molecule has 116 valence electrons. The highest BCUT2D eigenvalue weighted by molar-refractivity contribution is 5.99. The van der Waals surface area contributed by atoms with Crippen LogP contribution in [0.4, 0.5) is 5.69 Å². The normalized spacial score (nSPS) is 17.2. The van der Waals surface area contributed by atoms with E-state index in [1.54, 1.807) is 0 Å². The fourth-order valence-electron chi connectivity index (χ4n) is 3.13. The zero-order valence-electron chi connectivity index (χ0n) is 13.3. The number of benzene rings is 1. The lowest BCUT2D eigenvalue weighted by Gasteiger charge is -2.28. The third-order valence-corrected chi connectivity index (χ3v) is 4.45. The van der Waals surface area contributed by atoms with E-state index in [1.165, 1.54) is 32.1 Å². The van der Waals surface area contributed by atoms with Gasteiger partial charge in [-0.1, -0.05) is 38.3 Å². The minimum atomic E-state index is 0.0484. The van der Waals surface area contributed by atoms with Gasteiger partial charge in [-0.3, -0.25) is 4.79 Å². The standard InChI is InChI=1S/C18H28N2O/c1-3-13-19-17-12-8-7-11-16(17)18(21)20-14(2)15-9-5-4-6-10-15/h7-8,11-12,14-15,19H,3-6,9-10,13H2,1-2H3,(H,20,21). The minimum absolute atomic E-state index is 0.0484. The molecule has 1 saturated carbocycles. The van der Waals surface area contributed by atoms with Crippen LogP contribution in [0.3, 0.4) is 0 Å². The predicted molar refractivity (Wildman–Crippen MR) is 88.7 cm³/mol. The number of hydrogen-bond donors (Lipinski definition) is 2. The Balaban J connectivity index is 1.98. The SMILES string of the molecule is CCCNc1ccccc1C(=O)NC(C)C1CCCCC1. The van der Waals surface area contributed by atoms with E-state index in [-0.39, 0.29) is 11.9 Å². The Bertz CT molecular complexity index is 452. The van der Waals surface area contributed by atoms with Crippen LogP contribution in [0, 0.1) is 5.92 Å². The molecule has 3 heteroatoms. The molecule has 1 unspecified atom stereocenters. The third kappa shape index (κ3) is 4.48. The average molecular weight is 288 g/mol. The van der Waals surface area contributed by atoms with Gasteiger partial charge in [0.1, 0.15) is 0 Å². The van der Waals surface area contributed by atoms with E-state index < -0.39 is 0 Å². The number of anilines is 1. The number of amides is 1. The summed E-state index contributed by atoms with van der Waals surface area (Å²) in [5.74, 6) is 0.686. The van der Waals surface area contributed by atoms with Gasteiger partial charge in [0.25, 0.3) is 5.91 Å². The lowest BCUT2D eigenvalue weighted by Crippen LogP contribution is -2.39. The van der Waals surface area contributed by atoms with Crippen LogP contribution in [0.15, 0.2) is 24.3 Å². The molecular weight excluding hydrogens is 260 g/mol. The Morgan fingerprint density at radius 3 is 2.67 bits per heavy atom. The van der Waals surface area contributed by atoms with E-state index in [9.17, 15) is 4.79 Å². The van der Waals surface area contributed by atoms with Crippen LogP contribution in [0.5, 0.6) is 0 Å². The van der Waals surface area contributed by atoms with Gasteiger partial charge in [-0.25, -0.2) is 0 Å². The first-order valence-electron chi connectivity index (χ1n) is 8.36. The Morgan fingerprint density at radius 2 is 1.95 bits per heavy atom. The van der Waals surface area contributed by atoms with Crippen LogP contribution in [0.25, 0.3) is 0 Å². The lowest BCUT2D eigenvalue weighted by atomic mass is 9.84. The van der Waals surface area contributed by atoms with E-state index in [1.807, 2.05) is 24.3 Å². The van der Waals surface area contributed by atoms with Gasteiger partial charge in [-0.15, -0.1) is 0 Å². The van der Waals surface area contributed by atoms with Crippen molar-refractivity contribution in [1.29, 1.82) is 0 Å². The van der Waals surface area contributed by atoms with E-state index in [0.29, 0.717) is 5.92 Å². The number of para-hydroxylation sites is 1. The molecule has 21 heavy (non-hydrogen) atoms. The van der Waals surface area contributed by atoms with Crippen LogP contribution >= 0.6 is 0 Å². The predicted octanol–water partition coefficient (Wildman–Crippen LogP) is 4.21. The molecule has 0 aromatic heterocycles. The summed E-state index contributed by atoms with van der Waals surface area (Å²) in [6, 6.07) is 8.05. The highest BCUT2D eigenvalue weighted by Crippen LogP contribution is 2.26. The summed E-state index contributed by atoms with van der Waals surface area (Å²) in [5, 5.41) is 6.54. The lowest BCUT2D eigenvalue weighted by molar-refractivity contribution is 0.0920. The molecular formula is C18H28N2O. The van der Waals surface area contributed by atoms with Gasteiger partial charge < -0.3 is 10.6 Å². The Kier molecular flexibility index (Phi) is 6.09. The summed E-state index contributed by atoms with van der Waals surface area (Å²) in [6.07, 6.45) is 7.50. The Morgan fingerprint density at radius 1 is 1.24 bits per heavy atom. The third-order valence-electron chi connectivity index (χ3n) is 4.45. The summed E-state index contributed by atoms with van der Waals surface area (Å²) < 4.78 is 0. The fourth-order valence-corrected chi connectivity index (χ4v) is 3.13. The van der Waals surface area contributed by atoms with E-state index in [4.69, 9.17) is 0 Å². The zero-order chi connectivity index (χ0) is 15.1.